The van der Waals surface area contributed by atoms with Crippen LogP contribution in [0.5, 0.6) is 5.75 Å². The third-order valence-electron chi connectivity index (χ3n) is 6.55. The molecular formula is C28H28FNO3. The van der Waals surface area contributed by atoms with Gasteiger partial charge in [-0.3, -0.25) is 0 Å². The molecule has 1 heterocycles. The number of hydrogen-bond acceptors (Lipinski definition) is 4. The van der Waals surface area contributed by atoms with Gasteiger partial charge in [-0.2, -0.15) is 0 Å². The molecule has 0 aliphatic carbocycles. The molecule has 4 rings (SSSR count). The molecule has 0 N–H and O–H groups in total. The van der Waals surface area contributed by atoms with Gasteiger partial charge in [0.1, 0.15) is 11.6 Å². The number of hydrogen-bond donors (Lipinski definition) is 0. The molecule has 1 unspecified atom stereocenters. The SMILES string of the molecule is COC(=O)/C=C/c1ccc(C2(C)c3ccc(OC)cc3CCN2c2ccc(F)cc2)cc1C. The highest BCUT2D eigenvalue weighted by atomic mass is 19.1. The first-order valence-corrected chi connectivity index (χ1v) is 10.9. The minimum Gasteiger partial charge on any atom is -0.497 e. The minimum absolute atomic E-state index is 0.250. The van der Waals surface area contributed by atoms with Crippen molar-refractivity contribution in [3.05, 3.63) is 100 Å². The van der Waals surface area contributed by atoms with Gasteiger partial charge in [0.15, 0.2) is 0 Å². The molecule has 3 aromatic carbocycles. The molecule has 0 aromatic heterocycles. The lowest BCUT2D eigenvalue weighted by Crippen LogP contribution is -2.49. The third-order valence-corrected chi connectivity index (χ3v) is 6.55. The van der Waals surface area contributed by atoms with Crippen LogP contribution in [0.15, 0.2) is 66.7 Å². The van der Waals surface area contributed by atoms with Crippen LogP contribution >= 0.6 is 0 Å². The highest BCUT2D eigenvalue weighted by molar-refractivity contribution is 5.87. The van der Waals surface area contributed by atoms with Crippen LogP contribution in [-0.4, -0.2) is 26.7 Å². The summed E-state index contributed by atoms with van der Waals surface area (Å²) in [7, 11) is 3.04. The molecule has 3 aromatic rings. The molecule has 0 amide bonds. The number of halogens is 1. The van der Waals surface area contributed by atoms with Crippen molar-refractivity contribution in [1.82, 2.24) is 0 Å². The molecular weight excluding hydrogens is 417 g/mol. The normalized spacial score (nSPS) is 17.7. The van der Waals surface area contributed by atoms with Crippen LogP contribution in [0.3, 0.4) is 0 Å². The van der Waals surface area contributed by atoms with Gasteiger partial charge >= 0.3 is 5.97 Å². The number of fused-ring (bicyclic) bond motifs is 1. The van der Waals surface area contributed by atoms with E-state index in [2.05, 4.69) is 36.1 Å². The standard InChI is InChI=1S/C28H28FNO3/c1-19-17-22(7-5-20(19)6-14-27(31)33-4)28(2)26-13-12-25(32-3)18-21(26)15-16-30(28)24-10-8-23(29)9-11-24/h5-14,17-18H,15-16H2,1-4H3/b14-6+. The van der Waals surface area contributed by atoms with E-state index in [1.165, 1.54) is 36.4 Å². The maximum Gasteiger partial charge on any atom is 0.330 e. The van der Waals surface area contributed by atoms with Gasteiger partial charge in [0, 0.05) is 18.3 Å². The molecule has 33 heavy (non-hydrogen) atoms. The second-order valence-corrected chi connectivity index (χ2v) is 8.40. The van der Waals surface area contributed by atoms with Gasteiger partial charge in [-0.1, -0.05) is 24.3 Å². The average molecular weight is 446 g/mol. The van der Waals surface area contributed by atoms with E-state index >= 15 is 0 Å². The van der Waals surface area contributed by atoms with Crippen molar-refractivity contribution in [2.45, 2.75) is 25.8 Å². The Morgan fingerprint density at radius 3 is 2.48 bits per heavy atom. The summed E-state index contributed by atoms with van der Waals surface area (Å²) in [5.41, 5.74) is 6.03. The van der Waals surface area contributed by atoms with Crippen molar-refractivity contribution in [3.8, 4) is 5.75 Å². The fraction of sp³-hybridized carbons (Fsp3) is 0.250. The molecule has 0 radical (unpaired) electrons. The number of nitrogens with zero attached hydrogens (tertiary/aromatic N) is 1. The van der Waals surface area contributed by atoms with E-state index in [-0.39, 0.29) is 11.8 Å². The first-order valence-electron chi connectivity index (χ1n) is 10.9. The van der Waals surface area contributed by atoms with Gasteiger partial charge in [0.25, 0.3) is 0 Å². The molecule has 0 saturated carbocycles. The first kappa shape index (κ1) is 22.6. The fourth-order valence-electron chi connectivity index (χ4n) is 4.69. The Kier molecular flexibility index (Phi) is 6.23. The van der Waals surface area contributed by atoms with Crippen LogP contribution in [0.25, 0.3) is 6.08 Å². The molecule has 1 aliphatic heterocycles. The summed E-state index contributed by atoms with van der Waals surface area (Å²) in [5, 5.41) is 0. The van der Waals surface area contributed by atoms with E-state index in [9.17, 15) is 9.18 Å². The highest BCUT2D eigenvalue weighted by Crippen LogP contribution is 2.44. The number of aryl methyl sites for hydroxylation is 1. The number of rotatable bonds is 5. The molecule has 0 fully saturated rings. The van der Waals surface area contributed by atoms with E-state index in [4.69, 9.17) is 9.47 Å². The fourth-order valence-corrected chi connectivity index (χ4v) is 4.69. The third kappa shape index (κ3) is 4.23. The van der Waals surface area contributed by atoms with Crippen LogP contribution < -0.4 is 9.64 Å². The van der Waals surface area contributed by atoms with Crippen LogP contribution in [0.1, 0.15) is 34.7 Å². The molecule has 0 spiro atoms. The summed E-state index contributed by atoms with van der Waals surface area (Å²) >= 11 is 0. The summed E-state index contributed by atoms with van der Waals surface area (Å²) < 4.78 is 23.8. The summed E-state index contributed by atoms with van der Waals surface area (Å²) in [4.78, 5) is 13.9. The molecule has 0 bridgehead atoms. The Labute approximate surface area is 194 Å². The van der Waals surface area contributed by atoms with Crippen molar-refractivity contribution in [2.24, 2.45) is 0 Å². The summed E-state index contributed by atoms with van der Waals surface area (Å²) in [6.07, 6.45) is 4.06. The van der Waals surface area contributed by atoms with E-state index in [0.29, 0.717) is 0 Å². The second kappa shape index (κ2) is 9.10. The Morgan fingerprint density at radius 1 is 1.06 bits per heavy atom. The predicted molar refractivity (Wildman–Crippen MR) is 129 cm³/mol. The lowest BCUT2D eigenvalue weighted by molar-refractivity contribution is -0.134. The molecule has 1 aliphatic rings. The van der Waals surface area contributed by atoms with E-state index in [1.54, 1.807) is 13.2 Å². The number of carbonyl (C=O) groups excluding carboxylic acids is 1. The number of anilines is 1. The van der Waals surface area contributed by atoms with Gasteiger partial charge in [-0.25, -0.2) is 9.18 Å². The first-order chi connectivity index (χ1) is 15.9. The monoisotopic (exact) mass is 445 g/mol. The lowest BCUT2D eigenvalue weighted by Gasteiger charge is -2.48. The highest BCUT2D eigenvalue weighted by Gasteiger charge is 2.40. The summed E-state index contributed by atoms with van der Waals surface area (Å²) in [5.74, 6) is 0.203. The Morgan fingerprint density at radius 2 is 1.82 bits per heavy atom. The summed E-state index contributed by atoms with van der Waals surface area (Å²) in [6, 6.07) is 19.2. The van der Waals surface area contributed by atoms with E-state index in [1.807, 2.05) is 31.2 Å². The smallest absolute Gasteiger partial charge is 0.330 e. The average Bonchev–Trinajstić information content (AvgIpc) is 2.83. The number of ether oxygens (including phenoxy) is 2. The topological polar surface area (TPSA) is 38.8 Å². The van der Waals surface area contributed by atoms with Crippen LogP contribution in [0, 0.1) is 12.7 Å². The zero-order valence-electron chi connectivity index (χ0n) is 19.4. The van der Waals surface area contributed by atoms with Crippen molar-refractivity contribution >= 4 is 17.7 Å². The Hall–Kier alpha value is -3.60. The number of esters is 1. The van der Waals surface area contributed by atoms with Crippen molar-refractivity contribution < 1.29 is 18.7 Å². The maximum atomic E-state index is 13.7. The molecule has 4 nitrogen and oxygen atoms in total. The maximum absolute atomic E-state index is 13.7. The van der Waals surface area contributed by atoms with Gasteiger partial charge in [-0.15, -0.1) is 0 Å². The molecule has 170 valence electrons. The van der Waals surface area contributed by atoms with Gasteiger partial charge < -0.3 is 14.4 Å². The lowest BCUT2D eigenvalue weighted by atomic mass is 9.76. The number of benzene rings is 3. The zero-order chi connectivity index (χ0) is 23.6. The van der Waals surface area contributed by atoms with Crippen LogP contribution in [0.4, 0.5) is 10.1 Å². The Balaban J connectivity index is 1.85. The number of carbonyl (C=O) groups is 1. The van der Waals surface area contributed by atoms with Crippen molar-refractivity contribution in [1.29, 1.82) is 0 Å². The van der Waals surface area contributed by atoms with Crippen LogP contribution in [-0.2, 0) is 21.5 Å². The minimum atomic E-state index is -0.479. The molecule has 1 atom stereocenters. The van der Waals surface area contributed by atoms with Gasteiger partial charge in [0.05, 0.1) is 19.8 Å². The van der Waals surface area contributed by atoms with Gasteiger partial charge in [0.2, 0.25) is 0 Å². The largest absolute Gasteiger partial charge is 0.497 e. The quantitative estimate of drug-likeness (QED) is 0.376. The predicted octanol–water partition coefficient (Wildman–Crippen LogP) is 5.66. The molecule has 0 saturated heterocycles. The zero-order valence-corrected chi connectivity index (χ0v) is 19.4. The summed E-state index contributed by atoms with van der Waals surface area (Å²) in [6.45, 7) is 5.02. The molecule has 5 heteroatoms. The number of methoxy groups -OCH3 is 2. The van der Waals surface area contributed by atoms with Gasteiger partial charge in [-0.05, 0) is 90.6 Å². The van der Waals surface area contributed by atoms with Crippen molar-refractivity contribution in [2.75, 3.05) is 25.7 Å². The second-order valence-electron chi connectivity index (χ2n) is 8.40. The van der Waals surface area contributed by atoms with Crippen molar-refractivity contribution in [3.63, 3.8) is 0 Å². The Bertz CT molecular complexity index is 1200. The van der Waals surface area contributed by atoms with E-state index < -0.39 is 5.54 Å². The van der Waals surface area contributed by atoms with Crippen LogP contribution in [0.2, 0.25) is 0 Å². The van der Waals surface area contributed by atoms with E-state index in [0.717, 1.165) is 41.1 Å².